The van der Waals surface area contributed by atoms with Crippen molar-refractivity contribution < 1.29 is 5.10 Å². The Morgan fingerprint density at radius 3 is 3.11 bits per heavy atom. The second-order valence-corrected chi connectivity index (χ2v) is 2.30. The fourth-order valence-corrected chi connectivity index (χ4v) is 1.15. The largest absolute Gasteiger partial charge is 0.196 e. The maximum Gasteiger partial charge on any atom is 0.196 e. The van der Waals surface area contributed by atoms with Gasteiger partial charge in [0.15, 0.2) is 6.20 Å². The van der Waals surface area contributed by atoms with Gasteiger partial charge < -0.3 is 0 Å². The first-order valence-electron chi connectivity index (χ1n) is 3.18. The molecule has 0 saturated heterocycles. The molecule has 1 heterocycles. The fourth-order valence-electron chi connectivity index (χ4n) is 1.15. The minimum Gasteiger partial charge on any atom is -0.171 e. The third kappa shape index (κ3) is 0.669. The molecule has 2 rings (SSSR count). The molecule has 0 bridgehead atoms. The van der Waals surface area contributed by atoms with E-state index in [0.29, 0.717) is 0 Å². The number of H-pyrrole nitrogens is 2. The summed E-state index contributed by atoms with van der Waals surface area (Å²) in [5.41, 5.74) is 2.73. The molecule has 2 N–H and O–H groups in total. The van der Waals surface area contributed by atoms with Crippen LogP contribution in [0.1, 0.15) is 11.3 Å². The molecule has 1 aromatic heterocycles. The molecule has 0 radical (unpaired) electrons. The van der Waals surface area contributed by atoms with E-state index in [0.717, 1.165) is 12.8 Å². The molecule has 46 valence electrons. The summed E-state index contributed by atoms with van der Waals surface area (Å²) < 4.78 is 0. The van der Waals surface area contributed by atoms with Gasteiger partial charge in [0.05, 0.1) is 5.69 Å². The van der Waals surface area contributed by atoms with Crippen LogP contribution in [0.3, 0.4) is 0 Å². The zero-order valence-electron chi connectivity index (χ0n) is 5.15. The zero-order chi connectivity index (χ0) is 6.10. The Morgan fingerprint density at radius 1 is 1.33 bits per heavy atom. The van der Waals surface area contributed by atoms with Gasteiger partial charge in [-0.25, -0.2) is 0 Å². The summed E-state index contributed by atoms with van der Waals surface area (Å²) in [7, 11) is 0. The summed E-state index contributed by atoms with van der Waals surface area (Å²) in [5, 5.41) is 6.06. The molecular weight excluding hydrogens is 112 g/mol. The summed E-state index contributed by atoms with van der Waals surface area (Å²) in [5.74, 6) is 0. The Kier molecular flexibility index (Phi) is 0.918. The molecule has 0 amide bonds. The molecular formula is C7H9N2+. The summed E-state index contributed by atoms with van der Waals surface area (Å²) >= 11 is 0. The van der Waals surface area contributed by atoms with Gasteiger partial charge in [0.2, 0.25) is 0 Å². The van der Waals surface area contributed by atoms with Gasteiger partial charge in [-0.05, 0) is 6.42 Å². The molecule has 0 aromatic carbocycles. The summed E-state index contributed by atoms with van der Waals surface area (Å²) in [6, 6.07) is 0. The van der Waals surface area contributed by atoms with E-state index in [1.165, 1.54) is 11.3 Å². The first-order chi connectivity index (χ1) is 4.47. The van der Waals surface area contributed by atoms with Crippen molar-refractivity contribution >= 4 is 0 Å². The third-order valence-electron chi connectivity index (χ3n) is 1.68. The SMILES string of the molecule is C1=CCc2[nH][nH+]cc2C1. The van der Waals surface area contributed by atoms with Gasteiger partial charge >= 0.3 is 0 Å². The van der Waals surface area contributed by atoms with Crippen LogP contribution >= 0.6 is 0 Å². The Morgan fingerprint density at radius 2 is 2.22 bits per heavy atom. The predicted molar refractivity (Wildman–Crippen MR) is 33.9 cm³/mol. The van der Waals surface area contributed by atoms with Crippen LogP contribution in [0.15, 0.2) is 18.3 Å². The number of allylic oxidation sites excluding steroid dienone is 2. The second kappa shape index (κ2) is 1.72. The minimum absolute atomic E-state index is 1.05. The first-order valence-corrected chi connectivity index (χ1v) is 3.18. The molecule has 0 unspecified atom stereocenters. The Balaban J connectivity index is 2.46. The smallest absolute Gasteiger partial charge is 0.171 e. The molecule has 0 fully saturated rings. The van der Waals surface area contributed by atoms with Gasteiger partial charge in [-0.1, -0.05) is 12.2 Å². The van der Waals surface area contributed by atoms with Crippen molar-refractivity contribution in [1.82, 2.24) is 5.10 Å². The van der Waals surface area contributed by atoms with Crippen molar-refractivity contribution in [1.29, 1.82) is 0 Å². The summed E-state index contributed by atoms with van der Waals surface area (Å²) in [4.78, 5) is 0. The Hall–Kier alpha value is -1.05. The number of nitrogens with one attached hydrogen (secondary N) is 2. The highest BCUT2D eigenvalue weighted by molar-refractivity contribution is 5.23. The van der Waals surface area contributed by atoms with Crippen molar-refractivity contribution in [2.45, 2.75) is 12.8 Å². The van der Waals surface area contributed by atoms with Crippen molar-refractivity contribution in [2.24, 2.45) is 0 Å². The summed E-state index contributed by atoms with van der Waals surface area (Å²) in [6.45, 7) is 0. The topological polar surface area (TPSA) is 29.9 Å². The van der Waals surface area contributed by atoms with Crippen LogP contribution in [-0.2, 0) is 12.8 Å². The molecule has 0 saturated carbocycles. The molecule has 2 heteroatoms. The number of aromatic nitrogens is 2. The van der Waals surface area contributed by atoms with E-state index < -0.39 is 0 Å². The molecule has 9 heavy (non-hydrogen) atoms. The van der Waals surface area contributed by atoms with Crippen molar-refractivity contribution in [3.63, 3.8) is 0 Å². The van der Waals surface area contributed by atoms with Crippen LogP contribution in [0.2, 0.25) is 0 Å². The van der Waals surface area contributed by atoms with Gasteiger partial charge in [-0.2, -0.15) is 5.10 Å². The predicted octanol–water partition coefficient (Wildman–Crippen LogP) is 0.484. The van der Waals surface area contributed by atoms with Crippen LogP contribution < -0.4 is 5.10 Å². The minimum atomic E-state index is 1.05. The van der Waals surface area contributed by atoms with Gasteiger partial charge in [0.25, 0.3) is 0 Å². The lowest BCUT2D eigenvalue weighted by Gasteiger charge is -1.97. The quantitative estimate of drug-likeness (QED) is 0.484. The number of hydrogen-bond donors (Lipinski definition) is 1. The van der Waals surface area contributed by atoms with E-state index in [1.54, 1.807) is 0 Å². The normalized spacial score (nSPS) is 15.6. The average molecular weight is 121 g/mol. The van der Waals surface area contributed by atoms with Gasteiger partial charge in [-0.15, -0.1) is 5.10 Å². The van der Waals surface area contributed by atoms with Crippen molar-refractivity contribution in [3.8, 4) is 0 Å². The number of rotatable bonds is 0. The number of hydrogen-bond acceptors (Lipinski definition) is 0. The highest BCUT2D eigenvalue weighted by Crippen LogP contribution is 2.10. The van der Waals surface area contributed by atoms with Crippen molar-refractivity contribution in [3.05, 3.63) is 29.6 Å². The van der Waals surface area contributed by atoms with E-state index in [4.69, 9.17) is 0 Å². The van der Waals surface area contributed by atoms with Crippen LogP contribution in [0.4, 0.5) is 0 Å². The molecule has 0 aliphatic heterocycles. The molecule has 1 aliphatic rings. The van der Waals surface area contributed by atoms with Gasteiger partial charge in [-0.3, -0.25) is 0 Å². The van der Waals surface area contributed by atoms with E-state index in [1.807, 2.05) is 6.20 Å². The Bertz CT molecular complexity index is 212. The lowest BCUT2D eigenvalue weighted by molar-refractivity contribution is -0.450. The molecule has 1 aromatic rings. The second-order valence-electron chi connectivity index (χ2n) is 2.30. The fraction of sp³-hybridized carbons (Fsp3) is 0.286. The van der Waals surface area contributed by atoms with Crippen LogP contribution in [0.5, 0.6) is 0 Å². The average Bonchev–Trinajstić information content (AvgIpc) is 2.33. The van der Waals surface area contributed by atoms with E-state index in [2.05, 4.69) is 22.3 Å². The molecule has 0 spiro atoms. The first kappa shape index (κ1) is 4.79. The van der Waals surface area contributed by atoms with E-state index in [9.17, 15) is 0 Å². The number of aromatic amines is 2. The Labute approximate surface area is 53.6 Å². The maximum absolute atomic E-state index is 3.08. The highest BCUT2D eigenvalue weighted by Gasteiger charge is 2.08. The molecule has 2 nitrogen and oxygen atoms in total. The lowest BCUT2D eigenvalue weighted by Crippen LogP contribution is -1.99. The van der Waals surface area contributed by atoms with E-state index in [-0.39, 0.29) is 0 Å². The highest BCUT2D eigenvalue weighted by atomic mass is 15.1. The molecule has 0 atom stereocenters. The van der Waals surface area contributed by atoms with E-state index >= 15 is 0 Å². The molecule has 1 aliphatic carbocycles. The van der Waals surface area contributed by atoms with Gasteiger partial charge in [0, 0.05) is 12.0 Å². The number of fused-ring (bicyclic) bond motifs is 1. The monoisotopic (exact) mass is 121 g/mol. The lowest BCUT2D eigenvalue weighted by atomic mass is 10.1. The summed E-state index contributed by atoms with van der Waals surface area (Å²) in [6.07, 6.45) is 8.55. The standard InChI is InChI=1S/C7H8N2/c1-2-4-7-6(3-1)5-8-9-7/h1-2,5H,3-4H2,(H,8,9)/p+1. The zero-order valence-corrected chi connectivity index (χ0v) is 5.15. The third-order valence-corrected chi connectivity index (χ3v) is 1.68. The van der Waals surface area contributed by atoms with Crippen LogP contribution in [-0.4, -0.2) is 5.10 Å². The van der Waals surface area contributed by atoms with Crippen LogP contribution in [0.25, 0.3) is 0 Å². The van der Waals surface area contributed by atoms with Crippen LogP contribution in [0, 0.1) is 0 Å². The van der Waals surface area contributed by atoms with Gasteiger partial charge in [0.1, 0.15) is 0 Å². The maximum atomic E-state index is 3.08. The van der Waals surface area contributed by atoms with Crippen molar-refractivity contribution in [2.75, 3.05) is 0 Å².